The number of hydrogen-bond donors (Lipinski definition) is 0. The molecule has 0 amide bonds. The summed E-state index contributed by atoms with van der Waals surface area (Å²) in [6, 6.07) is 6.72. The van der Waals surface area contributed by atoms with Gasteiger partial charge >= 0.3 is 0 Å². The number of halogens is 1. The van der Waals surface area contributed by atoms with Crippen molar-refractivity contribution < 1.29 is 0 Å². The lowest BCUT2D eigenvalue weighted by Crippen LogP contribution is -2.25. The number of fused-ring (bicyclic) bond motifs is 1. The molecule has 0 radical (unpaired) electrons. The maximum Gasteiger partial charge on any atom is 0.0210 e. The van der Waals surface area contributed by atoms with Gasteiger partial charge in [0.1, 0.15) is 0 Å². The molecule has 0 saturated heterocycles. The van der Waals surface area contributed by atoms with Gasteiger partial charge in [0.25, 0.3) is 0 Å². The van der Waals surface area contributed by atoms with Crippen molar-refractivity contribution in [2.75, 3.05) is 6.66 Å². The Bertz CT molecular complexity index is 356. The van der Waals surface area contributed by atoms with Crippen LogP contribution in [0.25, 0.3) is 0 Å². The lowest BCUT2D eigenvalue weighted by Gasteiger charge is -2.38. The molecule has 0 saturated carbocycles. The van der Waals surface area contributed by atoms with Crippen LogP contribution in [-0.4, -0.2) is 6.66 Å². The number of benzene rings is 1. The highest BCUT2D eigenvalue weighted by atomic mass is 79.9. The van der Waals surface area contributed by atoms with Gasteiger partial charge in [-0.2, -0.15) is 0 Å². The monoisotopic (exact) mass is 284 g/mol. The molecule has 1 aliphatic rings. The van der Waals surface area contributed by atoms with Gasteiger partial charge in [0.2, 0.25) is 0 Å². The minimum absolute atomic E-state index is 0.483. The Hall–Kier alpha value is 0.130. The zero-order valence-corrected chi connectivity index (χ0v) is 12.0. The Morgan fingerprint density at radius 1 is 1.47 bits per heavy atom. The van der Waals surface area contributed by atoms with Gasteiger partial charge in [-0.25, -0.2) is 0 Å². The third-order valence-corrected chi connectivity index (χ3v) is 6.32. The Morgan fingerprint density at radius 3 is 2.93 bits per heavy atom. The van der Waals surface area contributed by atoms with E-state index in [0.717, 1.165) is 8.58 Å². The van der Waals surface area contributed by atoms with E-state index < -0.39 is 0 Å². The first-order chi connectivity index (χ1) is 7.23. The first-order valence-corrected chi connectivity index (χ1v) is 7.99. The molecule has 2 unspecified atom stereocenters. The molecule has 15 heavy (non-hydrogen) atoms. The fourth-order valence-corrected chi connectivity index (χ4v) is 4.61. The van der Waals surface area contributed by atoms with Gasteiger partial charge in [0, 0.05) is 9.63 Å². The molecule has 0 spiro atoms. The molecule has 0 aromatic heterocycles. The van der Waals surface area contributed by atoms with Crippen LogP contribution in [0.2, 0.25) is 0 Å². The molecule has 1 aromatic carbocycles. The van der Waals surface area contributed by atoms with E-state index in [9.17, 15) is 0 Å². The molecular formula is C13H18BrP. The Balaban J connectivity index is 2.55. The van der Waals surface area contributed by atoms with E-state index in [1.165, 1.54) is 30.2 Å². The Kier molecular flexibility index (Phi) is 3.52. The average molecular weight is 285 g/mol. The van der Waals surface area contributed by atoms with Crippen molar-refractivity contribution in [3.05, 3.63) is 33.8 Å². The third-order valence-electron chi connectivity index (χ3n) is 3.75. The SMILES string of the molecule is CCC1(PC)CCCc2c(Br)cccc21. The van der Waals surface area contributed by atoms with Gasteiger partial charge in [-0.15, -0.1) is 8.58 Å². The summed E-state index contributed by atoms with van der Waals surface area (Å²) in [6.45, 7) is 4.70. The van der Waals surface area contributed by atoms with Crippen LogP contribution in [0, 0.1) is 0 Å². The van der Waals surface area contributed by atoms with Crippen LogP contribution in [0.5, 0.6) is 0 Å². The predicted octanol–water partition coefficient (Wildman–Crippen LogP) is 4.70. The van der Waals surface area contributed by atoms with Crippen LogP contribution in [0.4, 0.5) is 0 Å². The van der Waals surface area contributed by atoms with Crippen molar-refractivity contribution in [1.82, 2.24) is 0 Å². The minimum atomic E-state index is 0.483. The van der Waals surface area contributed by atoms with Gasteiger partial charge in [0.15, 0.2) is 0 Å². The molecule has 2 rings (SSSR count). The Morgan fingerprint density at radius 2 is 2.27 bits per heavy atom. The molecule has 0 bridgehead atoms. The smallest absolute Gasteiger partial charge is 0.0210 e. The second-order valence-corrected chi connectivity index (χ2v) is 6.62. The summed E-state index contributed by atoms with van der Waals surface area (Å²) >= 11 is 3.70. The van der Waals surface area contributed by atoms with Gasteiger partial charge < -0.3 is 0 Å². The number of rotatable bonds is 2. The summed E-state index contributed by atoms with van der Waals surface area (Å²) in [5.41, 5.74) is 3.19. The van der Waals surface area contributed by atoms with E-state index in [0.29, 0.717) is 5.16 Å². The van der Waals surface area contributed by atoms with Crippen molar-refractivity contribution in [2.24, 2.45) is 0 Å². The summed E-state index contributed by atoms with van der Waals surface area (Å²) in [7, 11) is 1.02. The van der Waals surface area contributed by atoms with E-state index >= 15 is 0 Å². The second-order valence-electron chi connectivity index (χ2n) is 4.31. The predicted molar refractivity (Wildman–Crippen MR) is 73.3 cm³/mol. The van der Waals surface area contributed by atoms with Crippen molar-refractivity contribution in [3.8, 4) is 0 Å². The molecule has 1 aromatic rings. The van der Waals surface area contributed by atoms with Gasteiger partial charge in [-0.3, -0.25) is 0 Å². The fourth-order valence-electron chi connectivity index (χ4n) is 2.77. The first kappa shape index (κ1) is 11.6. The van der Waals surface area contributed by atoms with Crippen molar-refractivity contribution in [1.29, 1.82) is 0 Å². The zero-order chi connectivity index (χ0) is 10.9. The van der Waals surface area contributed by atoms with Crippen molar-refractivity contribution in [2.45, 2.75) is 37.8 Å². The second kappa shape index (κ2) is 4.55. The van der Waals surface area contributed by atoms with E-state index in [1.807, 2.05) is 0 Å². The maximum atomic E-state index is 3.70. The van der Waals surface area contributed by atoms with Gasteiger partial charge in [-0.05, 0) is 49.5 Å². The molecule has 2 atom stereocenters. The van der Waals surface area contributed by atoms with Crippen molar-refractivity contribution in [3.63, 3.8) is 0 Å². The Labute approximate surface area is 103 Å². The fraction of sp³-hybridized carbons (Fsp3) is 0.538. The molecule has 1 aliphatic carbocycles. The standard InChI is InChI=1S/C13H18BrP/c1-3-13(15-2)9-5-6-10-11(13)7-4-8-12(10)14/h4,7-8,15H,3,5-6,9H2,1-2H3. The van der Waals surface area contributed by atoms with E-state index in [-0.39, 0.29) is 0 Å². The van der Waals surface area contributed by atoms with Gasteiger partial charge in [0.05, 0.1) is 0 Å². The lowest BCUT2D eigenvalue weighted by atomic mass is 9.80. The normalized spacial score (nSPS) is 25.8. The van der Waals surface area contributed by atoms with Gasteiger partial charge in [-0.1, -0.05) is 35.0 Å². The summed E-state index contributed by atoms with van der Waals surface area (Å²) in [5, 5.41) is 0.483. The third kappa shape index (κ3) is 1.89. The first-order valence-electron chi connectivity index (χ1n) is 5.70. The average Bonchev–Trinajstić information content (AvgIpc) is 2.29. The summed E-state index contributed by atoms with van der Waals surface area (Å²) in [6.07, 6.45) is 5.26. The summed E-state index contributed by atoms with van der Waals surface area (Å²) < 4.78 is 1.32. The van der Waals surface area contributed by atoms with Crippen LogP contribution in [0.3, 0.4) is 0 Å². The van der Waals surface area contributed by atoms with E-state index in [4.69, 9.17) is 0 Å². The molecule has 0 aliphatic heterocycles. The van der Waals surface area contributed by atoms with Crippen LogP contribution in [0.1, 0.15) is 37.3 Å². The highest BCUT2D eigenvalue weighted by molar-refractivity contribution is 9.10. The van der Waals surface area contributed by atoms with Crippen LogP contribution in [0.15, 0.2) is 22.7 Å². The lowest BCUT2D eigenvalue weighted by molar-refractivity contribution is 0.488. The molecule has 0 fully saturated rings. The van der Waals surface area contributed by atoms with E-state index in [1.54, 1.807) is 11.1 Å². The van der Waals surface area contributed by atoms with Crippen LogP contribution in [-0.2, 0) is 11.6 Å². The van der Waals surface area contributed by atoms with Crippen molar-refractivity contribution >= 4 is 24.5 Å². The molecular weight excluding hydrogens is 267 g/mol. The highest BCUT2D eigenvalue weighted by Gasteiger charge is 2.33. The topological polar surface area (TPSA) is 0 Å². The van der Waals surface area contributed by atoms with Crippen LogP contribution < -0.4 is 0 Å². The molecule has 82 valence electrons. The largest absolute Gasteiger partial charge is 0.114 e. The summed E-state index contributed by atoms with van der Waals surface area (Å²) in [4.78, 5) is 0. The highest BCUT2D eigenvalue weighted by Crippen LogP contribution is 2.51. The molecule has 0 nitrogen and oxygen atoms in total. The van der Waals surface area contributed by atoms with E-state index in [2.05, 4.69) is 47.7 Å². The molecule has 0 heterocycles. The molecule has 0 N–H and O–H groups in total. The minimum Gasteiger partial charge on any atom is -0.114 e. The van der Waals surface area contributed by atoms with Crippen LogP contribution >= 0.6 is 24.5 Å². The zero-order valence-electron chi connectivity index (χ0n) is 9.44. The maximum absolute atomic E-state index is 3.70. The molecule has 2 heteroatoms. The quantitative estimate of drug-likeness (QED) is 0.691. The summed E-state index contributed by atoms with van der Waals surface area (Å²) in [5.74, 6) is 0. The number of hydrogen-bond acceptors (Lipinski definition) is 0.